The van der Waals surface area contributed by atoms with Gasteiger partial charge >= 0.3 is 6.18 Å². The lowest BCUT2D eigenvalue weighted by Gasteiger charge is -2.55. The van der Waals surface area contributed by atoms with Crippen molar-refractivity contribution in [1.82, 2.24) is 5.32 Å². The molecule has 3 nitrogen and oxygen atoms in total. The summed E-state index contributed by atoms with van der Waals surface area (Å²) in [5.41, 5.74) is -0.834. The molecule has 4 bridgehead atoms. The van der Waals surface area contributed by atoms with Gasteiger partial charge in [0.15, 0.2) is 0 Å². The van der Waals surface area contributed by atoms with Crippen molar-refractivity contribution in [2.24, 2.45) is 23.7 Å². The van der Waals surface area contributed by atoms with E-state index in [0.29, 0.717) is 17.9 Å². The van der Waals surface area contributed by atoms with Crippen molar-refractivity contribution in [2.45, 2.75) is 57.3 Å². The number of hydrogen-bond donors (Lipinski definition) is 2. The normalized spacial score (nSPS) is 33.1. The van der Waals surface area contributed by atoms with E-state index in [2.05, 4.69) is 10.6 Å². The molecule has 7 heteroatoms. The van der Waals surface area contributed by atoms with Crippen LogP contribution in [0.4, 0.5) is 18.9 Å². The molecule has 1 atom stereocenters. The summed E-state index contributed by atoms with van der Waals surface area (Å²) in [4.78, 5) is 12.6. The first-order valence-corrected chi connectivity index (χ1v) is 10.0. The average Bonchev–Trinajstić information content (AvgIpc) is 2.58. The topological polar surface area (TPSA) is 41.1 Å². The molecule has 1 amide bonds. The van der Waals surface area contributed by atoms with Gasteiger partial charge in [0, 0.05) is 6.04 Å². The number of halogens is 4. The molecular weight excluding hydrogens is 377 g/mol. The fourth-order valence-electron chi connectivity index (χ4n) is 5.60. The number of amides is 1. The maximum absolute atomic E-state index is 12.9. The molecule has 0 heterocycles. The van der Waals surface area contributed by atoms with Gasteiger partial charge in [0.2, 0.25) is 5.91 Å². The van der Waals surface area contributed by atoms with Gasteiger partial charge in [-0.25, -0.2) is 0 Å². The van der Waals surface area contributed by atoms with Crippen LogP contribution >= 0.6 is 11.6 Å². The second kappa shape index (κ2) is 6.96. The average molecular weight is 401 g/mol. The zero-order valence-electron chi connectivity index (χ0n) is 15.2. The Morgan fingerprint density at radius 2 is 1.70 bits per heavy atom. The number of carbonyl (C=O) groups is 1. The fourth-order valence-corrected chi connectivity index (χ4v) is 5.76. The van der Waals surface area contributed by atoms with Crippen LogP contribution in [0.15, 0.2) is 18.2 Å². The van der Waals surface area contributed by atoms with Gasteiger partial charge in [-0.2, -0.15) is 13.2 Å². The molecular formula is C20H24ClF3N2O. The van der Waals surface area contributed by atoms with E-state index in [9.17, 15) is 18.0 Å². The van der Waals surface area contributed by atoms with Gasteiger partial charge < -0.3 is 10.6 Å². The summed E-state index contributed by atoms with van der Waals surface area (Å²) in [6, 6.07) is 2.80. The second-order valence-corrected chi connectivity index (χ2v) is 8.93. The zero-order valence-corrected chi connectivity index (χ0v) is 15.9. The monoisotopic (exact) mass is 400 g/mol. The number of carbonyl (C=O) groups excluding carboxylic acids is 1. The molecule has 1 aromatic carbocycles. The Morgan fingerprint density at radius 3 is 2.26 bits per heavy atom. The Balaban J connectivity index is 1.41. The third kappa shape index (κ3) is 3.83. The van der Waals surface area contributed by atoms with E-state index in [4.69, 9.17) is 11.6 Å². The van der Waals surface area contributed by atoms with Crippen LogP contribution in [-0.2, 0) is 11.0 Å². The van der Waals surface area contributed by atoms with Crippen LogP contribution in [-0.4, -0.2) is 18.0 Å². The number of benzene rings is 1. The standard InChI is InChI=1S/C20H24ClF3N2O/c1-10(25-18-13-5-11-4-12(7-13)8-14(18)6-11)19(27)26-17-9-15(20(22,23)24)2-3-16(17)21/h2-3,9-14,18,25H,4-8H2,1H3,(H,26,27)/t10-,11?,12?,13?,14?,18?/m1/s1. The van der Waals surface area contributed by atoms with E-state index >= 15 is 0 Å². The maximum atomic E-state index is 12.9. The second-order valence-electron chi connectivity index (χ2n) is 8.53. The van der Waals surface area contributed by atoms with Crippen LogP contribution in [0.25, 0.3) is 0 Å². The molecule has 4 aliphatic carbocycles. The third-order valence-electron chi connectivity index (χ3n) is 6.61. The predicted octanol–water partition coefficient (Wildman–Crippen LogP) is 5.10. The Bertz CT molecular complexity index is 708. The van der Waals surface area contributed by atoms with Gasteiger partial charge in [0.25, 0.3) is 0 Å². The van der Waals surface area contributed by atoms with Crippen molar-refractivity contribution in [3.05, 3.63) is 28.8 Å². The Kier molecular flexibility index (Phi) is 4.91. The summed E-state index contributed by atoms with van der Waals surface area (Å²) < 4.78 is 38.7. The van der Waals surface area contributed by atoms with Crippen LogP contribution in [0.3, 0.4) is 0 Å². The van der Waals surface area contributed by atoms with E-state index in [1.54, 1.807) is 6.92 Å². The van der Waals surface area contributed by atoms with Gasteiger partial charge in [-0.15, -0.1) is 0 Å². The van der Waals surface area contributed by atoms with E-state index in [-0.39, 0.29) is 16.6 Å². The molecule has 0 unspecified atom stereocenters. The fraction of sp³-hybridized carbons (Fsp3) is 0.650. The van der Waals surface area contributed by atoms with Crippen molar-refractivity contribution >= 4 is 23.2 Å². The summed E-state index contributed by atoms with van der Waals surface area (Å²) in [6.07, 6.45) is 1.83. The molecule has 1 aromatic rings. The minimum atomic E-state index is -4.48. The lowest BCUT2D eigenvalue weighted by molar-refractivity contribution is -0.137. The Morgan fingerprint density at radius 1 is 1.11 bits per heavy atom. The number of anilines is 1. The van der Waals surface area contributed by atoms with Crippen LogP contribution in [0.5, 0.6) is 0 Å². The van der Waals surface area contributed by atoms with Crippen LogP contribution < -0.4 is 10.6 Å². The largest absolute Gasteiger partial charge is 0.416 e. The van der Waals surface area contributed by atoms with Gasteiger partial charge in [-0.05, 0) is 80.9 Å². The zero-order chi connectivity index (χ0) is 19.3. The van der Waals surface area contributed by atoms with Crippen molar-refractivity contribution < 1.29 is 18.0 Å². The summed E-state index contributed by atoms with van der Waals surface area (Å²) in [5.74, 6) is 2.57. The summed E-state index contributed by atoms with van der Waals surface area (Å²) in [7, 11) is 0. The minimum absolute atomic E-state index is 0.00442. The van der Waals surface area contributed by atoms with Crippen LogP contribution in [0, 0.1) is 23.7 Å². The highest BCUT2D eigenvalue weighted by atomic mass is 35.5. The van der Waals surface area contributed by atoms with E-state index in [1.165, 1.54) is 32.1 Å². The summed E-state index contributed by atoms with van der Waals surface area (Å²) >= 11 is 5.98. The molecule has 0 aromatic heterocycles. The highest BCUT2D eigenvalue weighted by Gasteiger charge is 2.48. The molecule has 0 saturated heterocycles. The molecule has 5 rings (SSSR count). The first-order valence-electron chi connectivity index (χ1n) is 9.64. The van der Waals surface area contributed by atoms with Gasteiger partial charge in [-0.3, -0.25) is 4.79 Å². The number of rotatable bonds is 4. The third-order valence-corrected chi connectivity index (χ3v) is 6.94. The highest BCUT2D eigenvalue weighted by Crippen LogP contribution is 2.53. The van der Waals surface area contributed by atoms with Gasteiger partial charge in [0.05, 0.1) is 22.3 Å². The molecule has 148 valence electrons. The van der Waals surface area contributed by atoms with Crippen molar-refractivity contribution in [2.75, 3.05) is 5.32 Å². The summed E-state index contributed by atoms with van der Waals surface area (Å²) in [5, 5.41) is 6.13. The SMILES string of the molecule is C[C@@H](NC1C2CC3CC(C2)CC1C3)C(=O)Nc1cc(C(F)(F)F)ccc1Cl. The first-order chi connectivity index (χ1) is 12.7. The molecule has 4 saturated carbocycles. The lowest BCUT2D eigenvalue weighted by Crippen LogP contribution is -2.58. The quantitative estimate of drug-likeness (QED) is 0.738. The van der Waals surface area contributed by atoms with E-state index in [0.717, 1.165) is 30.0 Å². The van der Waals surface area contributed by atoms with Crippen molar-refractivity contribution in [1.29, 1.82) is 0 Å². The van der Waals surface area contributed by atoms with E-state index < -0.39 is 17.8 Å². The highest BCUT2D eigenvalue weighted by molar-refractivity contribution is 6.33. The maximum Gasteiger partial charge on any atom is 0.416 e. The van der Waals surface area contributed by atoms with Crippen molar-refractivity contribution in [3.8, 4) is 0 Å². The first kappa shape index (κ1) is 19.1. The molecule has 2 N–H and O–H groups in total. The van der Waals surface area contributed by atoms with Gasteiger partial charge in [-0.1, -0.05) is 11.6 Å². The number of nitrogens with one attached hydrogen (secondary N) is 2. The van der Waals surface area contributed by atoms with Crippen molar-refractivity contribution in [3.63, 3.8) is 0 Å². The van der Waals surface area contributed by atoms with Crippen LogP contribution in [0.2, 0.25) is 5.02 Å². The molecule has 27 heavy (non-hydrogen) atoms. The van der Waals surface area contributed by atoms with Gasteiger partial charge in [0.1, 0.15) is 0 Å². The number of hydrogen-bond acceptors (Lipinski definition) is 2. The molecule has 0 spiro atoms. The smallest absolute Gasteiger partial charge is 0.323 e. The molecule has 0 aliphatic heterocycles. The molecule has 4 aliphatic rings. The Hall–Kier alpha value is -1.27. The predicted molar refractivity (Wildman–Crippen MR) is 98.5 cm³/mol. The molecule has 0 radical (unpaired) electrons. The lowest BCUT2D eigenvalue weighted by atomic mass is 9.54. The van der Waals surface area contributed by atoms with E-state index in [1.807, 2.05) is 0 Å². The molecule has 4 fully saturated rings. The number of alkyl halides is 3. The summed E-state index contributed by atoms with van der Waals surface area (Å²) in [6.45, 7) is 1.77. The van der Waals surface area contributed by atoms with Crippen LogP contribution in [0.1, 0.15) is 44.6 Å². The Labute approximate surface area is 162 Å². The minimum Gasteiger partial charge on any atom is -0.323 e.